The van der Waals surface area contributed by atoms with Crippen LogP contribution in [0.15, 0.2) is 42.7 Å². The highest BCUT2D eigenvalue weighted by molar-refractivity contribution is 5.86. The Hall–Kier alpha value is -3.02. The first-order valence-corrected chi connectivity index (χ1v) is 10.4. The lowest BCUT2D eigenvalue weighted by atomic mass is 10.1. The van der Waals surface area contributed by atoms with E-state index < -0.39 is 0 Å². The molecule has 5 nitrogen and oxygen atoms in total. The first-order chi connectivity index (χ1) is 14.3. The Morgan fingerprint density at radius 1 is 1.00 bits per heavy atom. The fourth-order valence-corrected chi connectivity index (χ4v) is 3.86. The van der Waals surface area contributed by atoms with Crippen LogP contribution in [0.5, 0.6) is 0 Å². The second kappa shape index (κ2) is 8.01. The monoisotopic (exact) mass is 405 g/mol. The number of hydrogen-bond donors (Lipinski definition) is 0. The van der Waals surface area contributed by atoms with Crippen molar-refractivity contribution in [3.8, 4) is 11.4 Å². The Morgan fingerprint density at radius 2 is 1.73 bits per heavy atom. The minimum absolute atomic E-state index is 0.361. The quantitative estimate of drug-likeness (QED) is 0.428. The van der Waals surface area contributed by atoms with Crippen LogP contribution in [0.4, 0.5) is 10.1 Å². The zero-order valence-corrected chi connectivity index (χ0v) is 18.2. The molecule has 156 valence electrons. The number of rotatable bonds is 6. The molecule has 0 saturated heterocycles. The lowest BCUT2D eigenvalue weighted by molar-refractivity contribution is 0.553. The van der Waals surface area contributed by atoms with Gasteiger partial charge in [0.2, 0.25) is 0 Å². The summed E-state index contributed by atoms with van der Waals surface area (Å²) >= 11 is 0. The van der Waals surface area contributed by atoms with E-state index >= 15 is 0 Å². The Kier molecular flexibility index (Phi) is 5.41. The fraction of sp³-hybridized carbons (Fsp3) is 0.375. The van der Waals surface area contributed by atoms with Crippen molar-refractivity contribution in [2.75, 3.05) is 18.0 Å². The normalized spacial score (nSPS) is 11.9. The van der Waals surface area contributed by atoms with Crippen LogP contribution >= 0.6 is 0 Å². The van der Waals surface area contributed by atoms with Gasteiger partial charge >= 0.3 is 0 Å². The molecule has 0 unspecified atom stereocenters. The second-order valence-corrected chi connectivity index (χ2v) is 8.83. The van der Waals surface area contributed by atoms with Gasteiger partial charge in [-0.05, 0) is 42.2 Å². The fourth-order valence-electron chi connectivity index (χ4n) is 3.86. The van der Waals surface area contributed by atoms with Crippen LogP contribution in [0.1, 0.15) is 27.7 Å². The molecule has 6 heteroatoms. The predicted octanol–water partition coefficient (Wildman–Crippen LogP) is 5.44. The maximum atomic E-state index is 14.5. The number of fused-ring (bicyclic) bond motifs is 2. The third-order valence-corrected chi connectivity index (χ3v) is 5.03. The van der Waals surface area contributed by atoms with Gasteiger partial charge < -0.3 is 4.90 Å². The van der Waals surface area contributed by atoms with Crippen LogP contribution in [-0.2, 0) is 7.05 Å². The first-order valence-electron chi connectivity index (χ1n) is 10.4. The maximum absolute atomic E-state index is 14.5. The van der Waals surface area contributed by atoms with Gasteiger partial charge in [-0.2, -0.15) is 5.10 Å². The molecule has 4 rings (SSSR count). The van der Waals surface area contributed by atoms with Gasteiger partial charge in [-0.1, -0.05) is 27.7 Å². The number of anilines is 1. The van der Waals surface area contributed by atoms with Crippen molar-refractivity contribution in [2.45, 2.75) is 27.7 Å². The van der Waals surface area contributed by atoms with Crippen LogP contribution < -0.4 is 4.90 Å². The number of halogens is 1. The summed E-state index contributed by atoms with van der Waals surface area (Å²) in [5.74, 6) is 1.31. The van der Waals surface area contributed by atoms with E-state index in [1.54, 1.807) is 17.9 Å². The SMILES string of the molecule is CC(C)CN(CC(C)C)c1ccc2nc(-c3cc(F)c4nn(C)cc4c3)ncc2c1. The molecule has 0 amide bonds. The summed E-state index contributed by atoms with van der Waals surface area (Å²) in [5, 5.41) is 5.88. The molecule has 2 aromatic heterocycles. The van der Waals surface area contributed by atoms with Gasteiger partial charge in [0.15, 0.2) is 11.6 Å². The number of hydrogen-bond acceptors (Lipinski definition) is 4. The summed E-state index contributed by atoms with van der Waals surface area (Å²) in [4.78, 5) is 11.7. The molecule has 0 bridgehead atoms. The van der Waals surface area contributed by atoms with Crippen LogP contribution in [0.25, 0.3) is 33.2 Å². The van der Waals surface area contributed by atoms with Gasteiger partial charge in [-0.25, -0.2) is 14.4 Å². The molecule has 0 aliphatic heterocycles. The van der Waals surface area contributed by atoms with E-state index in [0.717, 1.165) is 29.4 Å². The Balaban J connectivity index is 1.71. The molecule has 0 saturated carbocycles. The summed E-state index contributed by atoms with van der Waals surface area (Å²) in [6.07, 6.45) is 3.63. The van der Waals surface area contributed by atoms with E-state index in [-0.39, 0.29) is 5.82 Å². The molecular formula is C24H28FN5. The number of aryl methyl sites for hydroxylation is 1. The molecule has 0 aliphatic rings. The molecule has 0 N–H and O–H groups in total. The van der Waals surface area contributed by atoms with Crippen molar-refractivity contribution in [1.29, 1.82) is 0 Å². The summed E-state index contributed by atoms with van der Waals surface area (Å²) in [5.41, 5.74) is 3.05. The van der Waals surface area contributed by atoms with Crippen molar-refractivity contribution in [2.24, 2.45) is 18.9 Å². The van der Waals surface area contributed by atoms with E-state index in [9.17, 15) is 4.39 Å². The van der Waals surface area contributed by atoms with E-state index in [1.807, 2.05) is 18.3 Å². The molecule has 0 atom stereocenters. The molecule has 30 heavy (non-hydrogen) atoms. The smallest absolute Gasteiger partial charge is 0.159 e. The zero-order valence-electron chi connectivity index (χ0n) is 18.2. The number of benzene rings is 2. The Bertz CT molecular complexity index is 1190. The van der Waals surface area contributed by atoms with E-state index in [2.05, 4.69) is 54.8 Å². The van der Waals surface area contributed by atoms with Gasteiger partial charge in [0.05, 0.1) is 5.52 Å². The molecule has 2 aromatic carbocycles. The topological polar surface area (TPSA) is 46.8 Å². The zero-order chi connectivity index (χ0) is 21.4. The van der Waals surface area contributed by atoms with Crippen molar-refractivity contribution in [3.63, 3.8) is 0 Å². The lowest BCUT2D eigenvalue weighted by Crippen LogP contribution is -2.31. The summed E-state index contributed by atoms with van der Waals surface area (Å²) in [7, 11) is 1.78. The molecule has 4 aromatic rings. The third kappa shape index (κ3) is 4.13. The van der Waals surface area contributed by atoms with Crippen molar-refractivity contribution in [1.82, 2.24) is 19.7 Å². The Morgan fingerprint density at radius 3 is 2.43 bits per heavy atom. The minimum Gasteiger partial charge on any atom is -0.371 e. The summed E-state index contributed by atoms with van der Waals surface area (Å²) in [6.45, 7) is 11.0. The van der Waals surface area contributed by atoms with Gasteiger partial charge in [-0.3, -0.25) is 4.68 Å². The largest absolute Gasteiger partial charge is 0.371 e. The number of nitrogens with zero attached hydrogens (tertiary/aromatic N) is 5. The number of aromatic nitrogens is 4. The highest BCUT2D eigenvalue weighted by Crippen LogP contribution is 2.27. The van der Waals surface area contributed by atoms with Gasteiger partial charge in [0.25, 0.3) is 0 Å². The molecular weight excluding hydrogens is 377 g/mol. The molecule has 0 fully saturated rings. The lowest BCUT2D eigenvalue weighted by Gasteiger charge is -2.28. The third-order valence-electron chi connectivity index (χ3n) is 5.03. The minimum atomic E-state index is -0.361. The first kappa shape index (κ1) is 20.3. The molecule has 0 aliphatic carbocycles. The van der Waals surface area contributed by atoms with Crippen molar-refractivity contribution in [3.05, 3.63) is 48.5 Å². The summed E-state index contributed by atoms with van der Waals surface area (Å²) < 4.78 is 16.1. The average molecular weight is 406 g/mol. The van der Waals surface area contributed by atoms with E-state index in [0.29, 0.717) is 28.7 Å². The summed E-state index contributed by atoms with van der Waals surface area (Å²) in [6, 6.07) is 9.64. The predicted molar refractivity (Wildman–Crippen MR) is 121 cm³/mol. The molecule has 0 radical (unpaired) electrons. The van der Waals surface area contributed by atoms with Crippen LogP contribution in [0, 0.1) is 17.7 Å². The highest BCUT2D eigenvalue weighted by Gasteiger charge is 2.14. The Labute approximate surface area is 176 Å². The van der Waals surface area contributed by atoms with Gasteiger partial charge in [-0.15, -0.1) is 0 Å². The van der Waals surface area contributed by atoms with E-state index in [1.165, 1.54) is 11.8 Å². The second-order valence-electron chi connectivity index (χ2n) is 8.83. The maximum Gasteiger partial charge on any atom is 0.159 e. The van der Waals surface area contributed by atoms with Crippen molar-refractivity contribution < 1.29 is 4.39 Å². The standard InChI is InChI=1S/C24H28FN5/c1-15(2)12-30(13-16(3)4)20-6-7-22-18(9-20)11-26-24(27-22)17-8-19-14-29(5)28-23(19)21(25)10-17/h6-11,14-16H,12-13H2,1-5H3. The van der Waals surface area contributed by atoms with Crippen LogP contribution in [-0.4, -0.2) is 32.8 Å². The van der Waals surface area contributed by atoms with E-state index in [4.69, 9.17) is 4.98 Å². The average Bonchev–Trinajstić information content (AvgIpc) is 3.07. The van der Waals surface area contributed by atoms with Crippen LogP contribution in [0.2, 0.25) is 0 Å². The molecule has 0 spiro atoms. The van der Waals surface area contributed by atoms with Gasteiger partial charge in [0, 0.05) is 54.6 Å². The highest BCUT2D eigenvalue weighted by atomic mass is 19.1. The van der Waals surface area contributed by atoms with Crippen LogP contribution in [0.3, 0.4) is 0 Å². The van der Waals surface area contributed by atoms with Crippen molar-refractivity contribution >= 4 is 27.5 Å². The van der Waals surface area contributed by atoms with Gasteiger partial charge in [0.1, 0.15) is 5.52 Å². The molecule has 2 heterocycles.